The summed E-state index contributed by atoms with van der Waals surface area (Å²) in [4.78, 5) is 10.7. The lowest BCUT2D eigenvalue weighted by Gasteiger charge is -2.00. The van der Waals surface area contributed by atoms with Gasteiger partial charge in [0.1, 0.15) is 6.29 Å². The Morgan fingerprint density at radius 3 is 2.86 bits per heavy atom. The third-order valence-corrected chi connectivity index (χ3v) is 3.37. The first-order valence-electron chi connectivity index (χ1n) is 4.06. The van der Waals surface area contributed by atoms with Gasteiger partial charge in [-0.2, -0.15) is 0 Å². The lowest BCUT2D eigenvalue weighted by atomic mass is 10.1. The highest BCUT2D eigenvalue weighted by molar-refractivity contribution is 7.83. The monoisotopic (exact) mass is 224 g/mol. The fourth-order valence-electron chi connectivity index (χ4n) is 1.38. The van der Waals surface area contributed by atoms with Crippen LogP contribution in [0, 0.1) is 0 Å². The topological polar surface area (TPSA) is 37.3 Å². The molecule has 1 aromatic carbocycles. The number of thiophene rings is 1. The molecule has 0 fully saturated rings. The van der Waals surface area contributed by atoms with E-state index in [-0.39, 0.29) is 6.61 Å². The summed E-state index contributed by atoms with van der Waals surface area (Å²) in [5.41, 5.74) is 1.22. The van der Waals surface area contributed by atoms with Crippen molar-refractivity contribution in [1.29, 1.82) is 0 Å². The van der Waals surface area contributed by atoms with Crippen LogP contribution in [-0.4, -0.2) is 11.4 Å². The van der Waals surface area contributed by atoms with E-state index in [1.54, 1.807) is 6.07 Å². The first kappa shape index (κ1) is 9.71. The van der Waals surface area contributed by atoms with E-state index in [1.807, 2.05) is 12.1 Å². The summed E-state index contributed by atoms with van der Waals surface area (Å²) in [6.07, 6.45) is 0.767. The molecule has 4 heteroatoms. The number of aldehydes is 1. The average Bonchev–Trinajstić information content (AvgIpc) is 2.54. The molecule has 0 saturated carbocycles. The molecule has 2 rings (SSSR count). The molecule has 0 bridgehead atoms. The number of aliphatic hydroxyl groups is 1. The van der Waals surface area contributed by atoms with Crippen LogP contribution in [0.2, 0.25) is 0 Å². The number of carbonyl (C=O) groups is 1. The smallest absolute Gasteiger partial charge is 0.150 e. The summed E-state index contributed by atoms with van der Waals surface area (Å²) in [5, 5.41) is 10.1. The van der Waals surface area contributed by atoms with Gasteiger partial charge in [0.2, 0.25) is 0 Å². The molecule has 0 atom stereocenters. The summed E-state index contributed by atoms with van der Waals surface area (Å²) in [6.45, 7) is -0.109. The molecule has 0 saturated heterocycles. The molecule has 14 heavy (non-hydrogen) atoms. The molecule has 2 aromatic rings. The minimum atomic E-state index is -0.109. The second kappa shape index (κ2) is 3.73. The van der Waals surface area contributed by atoms with E-state index in [4.69, 9.17) is 5.11 Å². The van der Waals surface area contributed by atoms with Gasteiger partial charge >= 0.3 is 0 Å². The van der Waals surface area contributed by atoms with Crippen LogP contribution in [0.3, 0.4) is 0 Å². The summed E-state index contributed by atoms with van der Waals surface area (Å²) >= 11 is 5.76. The van der Waals surface area contributed by atoms with Gasteiger partial charge < -0.3 is 5.11 Å². The molecule has 0 unspecified atom stereocenters. The fraction of sp³-hybridized carbons (Fsp3) is 0.100. The molecule has 0 aliphatic heterocycles. The Labute approximate surface area is 90.6 Å². The van der Waals surface area contributed by atoms with Crippen molar-refractivity contribution >= 4 is 40.3 Å². The normalized spacial score (nSPS) is 10.7. The van der Waals surface area contributed by atoms with Crippen LogP contribution in [0.5, 0.6) is 0 Å². The van der Waals surface area contributed by atoms with Gasteiger partial charge in [-0.15, -0.1) is 24.0 Å². The van der Waals surface area contributed by atoms with E-state index < -0.39 is 0 Å². The van der Waals surface area contributed by atoms with Crippen molar-refractivity contribution < 1.29 is 9.90 Å². The van der Waals surface area contributed by atoms with E-state index in [2.05, 4.69) is 12.6 Å². The fourth-order valence-corrected chi connectivity index (χ4v) is 2.65. The van der Waals surface area contributed by atoms with Gasteiger partial charge in [-0.1, -0.05) is 0 Å². The van der Waals surface area contributed by atoms with Crippen LogP contribution in [0.1, 0.15) is 15.9 Å². The Balaban J connectivity index is 2.74. The maximum Gasteiger partial charge on any atom is 0.150 e. The highest BCUT2D eigenvalue weighted by Crippen LogP contribution is 2.30. The van der Waals surface area contributed by atoms with Gasteiger partial charge in [0.15, 0.2) is 0 Å². The van der Waals surface area contributed by atoms with Gasteiger partial charge in [0.25, 0.3) is 0 Å². The van der Waals surface area contributed by atoms with Crippen molar-refractivity contribution in [2.24, 2.45) is 0 Å². The number of carbonyl (C=O) groups excluding carboxylic acids is 1. The van der Waals surface area contributed by atoms with Gasteiger partial charge in [-0.25, -0.2) is 0 Å². The molecule has 1 heterocycles. The number of hydrogen-bond donors (Lipinski definition) is 2. The summed E-state index contributed by atoms with van der Waals surface area (Å²) in [5.74, 6) is 0. The van der Waals surface area contributed by atoms with Crippen molar-refractivity contribution in [2.75, 3.05) is 0 Å². The number of benzene rings is 1. The third-order valence-electron chi connectivity index (χ3n) is 2.06. The van der Waals surface area contributed by atoms with Crippen LogP contribution in [0.15, 0.2) is 22.4 Å². The Kier molecular flexibility index (Phi) is 2.58. The molecule has 0 amide bonds. The Hall–Kier alpha value is -0.840. The van der Waals surface area contributed by atoms with Crippen LogP contribution in [0.4, 0.5) is 0 Å². The molecule has 2 nitrogen and oxygen atoms in total. The van der Waals surface area contributed by atoms with Crippen molar-refractivity contribution in [2.45, 2.75) is 10.8 Å². The minimum absolute atomic E-state index is 0.109. The SMILES string of the molecule is O=Cc1cc2sc(S)cc2cc1CO. The Morgan fingerprint density at radius 2 is 2.21 bits per heavy atom. The zero-order valence-electron chi connectivity index (χ0n) is 7.23. The quantitative estimate of drug-likeness (QED) is 0.607. The van der Waals surface area contributed by atoms with E-state index in [9.17, 15) is 4.79 Å². The highest BCUT2D eigenvalue weighted by Gasteiger charge is 2.05. The first-order chi connectivity index (χ1) is 6.74. The van der Waals surface area contributed by atoms with Gasteiger partial charge in [0, 0.05) is 10.3 Å². The van der Waals surface area contributed by atoms with Crippen LogP contribution >= 0.6 is 24.0 Å². The molecular weight excluding hydrogens is 216 g/mol. The molecule has 1 aromatic heterocycles. The van der Waals surface area contributed by atoms with Crippen molar-refractivity contribution in [3.63, 3.8) is 0 Å². The predicted octanol–water partition coefficient (Wildman–Crippen LogP) is 2.49. The van der Waals surface area contributed by atoms with Gasteiger partial charge in [-0.3, -0.25) is 4.79 Å². The molecule has 0 radical (unpaired) electrons. The van der Waals surface area contributed by atoms with Crippen molar-refractivity contribution in [3.8, 4) is 0 Å². The van der Waals surface area contributed by atoms with Gasteiger partial charge in [0.05, 0.1) is 10.8 Å². The Morgan fingerprint density at radius 1 is 1.43 bits per heavy atom. The molecular formula is C10H8O2S2. The summed E-state index contributed by atoms with van der Waals surface area (Å²) in [6, 6.07) is 5.55. The van der Waals surface area contributed by atoms with E-state index in [0.29, 0.717) is 11.1 Å². The number of fused-ring (bicyclic) bond motifs is 1. The molecule has 0 spiro atoms. The van der Waals surface area contributed by atoms with Crippen LogP contribution in [0.25, 0.3) is 10.1 Å². The number of hydrogen-bond acceptors (Lipinski definition) is 4. The Bertz CT molecular complexity index is 488. The maximum atomic E-state index is 10.7. The number of aliphatic hydroxyl groups excluding tert-OH is 1. The maximum absolute atomic E-state index is 10.7. The average molecular weight is 224 g/mol. The van der Waals surface area contributed by atoms with E-state index in [0.717, 1.165) is 20.6 Å². The predicted molar refractivity (Wildman–Crippen MR) is 60.4 cm³/mol. The zero-order chi connectivity index (χ0) is 10.1. The van der Waals surface area contributed by atoms with Crippen molar-refractivity contribution in [3.05, 3.63) is 29.3 Å². The third kappa shape index (κ3) is 1.56. The summed E-state index contributed by atoms with van der Waals surface area (Å²) in [7, 11) is 0. The molecule has 0 aliphatic rings. The number of rotatable bonds is 2. The molecule has 1 N–H and O–H groups in total. The second-order valence-electron chi connectivity index (χ2n) is 2.95. The minimum Gasteiger partial charge on any atom is -0.392 e. The van der Waals surface area contributed by atoms with E-state index >= 15 is 0 Å². The molecule has 0 aliphatic carbocycles. The summed E-state index contributed by atoms with van der Waals surface area (Å²) < 4.78 is 1.93. The molecule has 72 valence electrons. The second-order valence-corrected chi connectivity index (χ2v) is 4.82. The lowest BCUT2D eigenvalue weighted by molar-refractivity contribution is 0.112. The standard InChI is InChI=1S/C10H8O2S2/c11-4-7-1-6-3-10(13)14-9(6)2-8(7)5-12/h1-3,5,11,13H,4H2. The van der Waals surface area contributed by atoms with Crippen molar-refractivity contribution in [1.82, 2.24) is 0 Å². The zero-order valence-corrected chi connectivity index (χ0v) is 8.94. The van der Waals surface area contributed by atoms with Crippen LogP contribution < -0.4 is 0 Å². The van der Waals surface area contributed by atoms with E-state index in [1.165, 1.54) is 11.3 Å². The number of thiol groups is 1. The first-order valence-corrected chi connectivity index (χ1v) is 5.32. The largest absolute Gasteiger partial charge is 0.392 e. The van der Waals surface area contributed by atoms with Crippen LogP contribution in [-0.2, 0) is 6.61 Å². The highest BCUT2D eigenvalue weighted by atomic mass is 32.2. The van der Waals surface area contributed by atoms with Gasteiger partial charge in [-0.05, 0) is 29.1 Å². The lowest BCUT2D eigenvalue weighted by Crippen LogP contribution is -1.91.